The maximum absolute atomic E-state index is 12.2. The molecule has 2 rings (SSSR count). The standard InChI is InChI=1S/C12H16ClNOS/c1-2-10-5-6-11(16-10)12(15)14(8-7-13)9-3-4-9/h5-6,9H,2-4,7-8H2,1H3. The Morgan fingerprint density at radius 1 is 1.56 bits per heavy atom. The number of hydrogen-bond acceptors (Lipinski definition) is 2. The maximum atomic E-state index is 12.2. The number of amides is 1. The average Bonchev–Trinajstić information content (AvgIpc) is 3.02. The van der Waals surface area contributed by atoms with Gasteiger partial charge in [0.15, 0.2) is 0 Å². The van der Waals surface area contributed by atoms with Gasteiger partial charge in [-0.15, -0.1) is 22.9 Å². The summed E-state index contributed by atoms with van der Waals surface area (Å²) in [4.78, 5) is 16.3. The van der Waals surface area contributed by atoms with E-state index in [9.17, 15) is 4.79 Å². The lowest BCUT2D eigenvalue weighted by Gasteiger charge is -2.20. The number of aryl methyl sites for hydroxylation is 1. The summed E-state index contributed by atoms with van der Waals surface area (Å²) in [5.41, 5.74) is 0. The Bertz CT molecular complexity index is 373. The van der Waals surface area contributed by atoms with Crippen LogP contribution in [-0.4, -0.2) is 29.3 Å². The molecule has 2 nitrogen and oxygen atoms in total. The lowest BCUT2D eigenvalue weighted by molar-refractivity contribution is 0.0758. The van der Waals surface area contributed by atoms with Crippen molar-refractivity contribution in [1.82, 2.24) is 4.90 Å². The summed E-state index contributed by atoms with van der Waals surface area (Å²) in [5, 5.41) is 0. The first-order chi connectivity index (χ1) is 7.76. The van der Waals surface area contributed by atoms with E-state index in [4.69, 9.17) is 11.6 Å². The molecule has 0 N–H and O–H groups in total. The first kappa shape index (κ1) is 11.9. The molecule has 1 aromatic heterocycles. The zero-order valence-corrected chi connectivity index (χ0v) is 11.0. The van der Waals surface area contributed by atoms with Crippen LogP contribution in [0.1, 0.15) is 34.3 Å². The molecule has 0 atom stereocenters. The molecule has 1 aliphatic carbocycles. The molecule has 0 unspecified atom stereocenters. The number of nitrogens with zero attached hydrogens (tertiary/aromatic N) is 1. The van der Waals surface area contributed by atoms with Gasteiger partial charge < -0.3 is 4.90 Å². The van der Waals surface area contributed by atoms with Crippen molar-refractivity contribution in [2.75, 3.05) is 12.4 Å². The molecular weight excluding hydrogens is 242 g/mol. The molecule has 0 saturated heterocycles. The fourth-order valence-electron chi connectivity index (χ4n) is 1.75. The van der Waals surface area contributed by atoms with Gasteiger partial charge in [-0.3, -0.25) is 4.79 Å². The van der Waals surface area contributed by atoms with Crippen molar-refractivity contribution in [2.45, 2.75) is 32.2 Å². The Kier molecular flexibility index (Phi) is 3.87. The summed E-state index contributed by atoms with van der Waals surface area (Å²) in [6, 6.07) is 4.43. The number of carbonyl (C=O) groups is 1. The molecule has 1 aliphatic rings. The maximum Gasteiger partial charge on any atom is 0.264 e. The second-order valence-electron chi connectivity index (χ2n) is 4.04. The molecule has 1 heterocycles. The largest absolute Gasteiger partial charge is 0.334 e. The molecule has 88 valence electrons. The van der Waals surface area contributed by atoms with Gasteiger partial charge in [0.2, 0.25) is 0 Å². The van der Waals surface area contributed by atoms with Crippen LogP contribution in [0.2, 0.25) is 0 Å². The van der Waals surface area contributed by atoms with Crippen LogP contribution < -0.4 is 0 Å². The quantitative estimate of drug-likeness (QED) is 0.742. The summed E-state index contributed by atoms with van der Waals surface area (Å²) >= 11 is 7.35. The summed E-state index contributed by atoms with van der Waals surface area (Å²) in [5.74, 6) is 0.682. The average molecular weight is 258 g/mol. The summed E-state index contributed by atoms with van der Waals surface area (Å²) < 4.78 is 0. The van der Waals surface area contributed by atoms with Gasteiger partial charge in [-0.05, 0) is 31.4 Å². The molecular formula is C12H16ClNOS. The Balaban J connectivity index is 2.09. The van der Waals surface area contributed by atoms with Crippen molar-refractivity contribution in [2.24, 2.45) is 0 Å². The minimum Gasteiger partial charge on any atom is -0.334 e. The van der Waals surface area contributed by atoms with Crippen molar-refractivity contribution < 1.29 is 4.79 Å². The van der Waals surface area contributed by atoms with Gasteiger partial charge in [0.05, 0.1) is 4.88 Å². The zero-order valence-electron chi connectivity index (χ0n) is 9.41. The molecule has 0 aliphatic heterocycles. The van der Waals surface area contributed by atoms with Crippen LogP contribution in [0.25, 0.3) is 0 Å². The minimum absolute atomic E-state index is 0.160. The van der Waals surface area contributed by atoms with Crippen LogP contribution in [0.5, 0.6) is 0 Å². The Labute approximate surface area is 105 Å². The van der Waals surface area contributed by atoms with E-state index in [0.29, 0.717) is 18.5 Å². The van der Waals surface area contributed by atoms with E-state index >= 15 is 0 Å². The third kappa shape index (κ3) is 2.58. The van der Waals surface area contributed by atoms with Gasteiger partial charge in [0.1, 0.15) is 0 Å². The lowest BCUT2D eigenvalue weighted by Crippen LogP contribution is -2.34. The highest BCUT2D eigenvalue weighted by atomic mass is 35.5. The van der Waals surface area contributed by atoms with Gasteiger partial charge >= 0.3 is 0 Å². The topological polar surface area (TPSA) is 20.3 Å². The Hall–Kier alpha value is -0.540. The molecule has 0 radical (unpaired) electrons. The van der Waals surface area contributed by atoms with E-state index in [1.165, 1.54) is 4.88 Å². The second kappa shape index (κ2) is 5.19. The third-order valence-electron chi connectivity index (χ3n) is 2.79. The SMILES string of the molecule is CCc1ccc(C(=O)N(CCCl)C2CC2)s1. The number of rotatable bonds is 5. The van der Waals surface area contributed by atoms with Crippen LogP contribution in [0, 0.1) is 0 Å². The third-order valence-corrected chi connectivity index (χ3v) is 4.18. The van der Waals surface area contributed by atoms with Crippen LogP contribution >= 0.6 is 22.9 Å². The second-order valence-corrected chi connectivity index (χ2v) is 5.58. The summed E-state index contributed by atoms with van der Waals surface area (Å²) in [6.07, 6.45) is 3.26. The highest BCUT2D eigenvalue weighted by Crippen LogP contribution is 2.29. The van der Waals surface area contributed by atoms with E-state index in [1.807, 2.05) is 17.0 Å². The number of alkyl halides is 1. The normalized spacial score (nSPS) is 15.1. The first-order valence-corrected chi connectivity index (χ1v) is 7.07. The van der Waals surface area contributed by atoms with Gasteiger partial charge in [-0.25, -0.2) is 0 Å². The number of hydrogen-bond donors (Lipinski definition) is 0. The molecule has 0 spiro atoms. The van der Waals surface area contributed by atoms with Crippen LogP contribution in [0.15, 0.2) is 12.1 Å². The van der Waals surface area contributed by atoms with E-state index < -0.39 is 0 Å². The monoisotopic (exact) mass is 257 g/mol. The molecule has 16 heavy (non-hydrogen) atoms. The zero-order chi connectivity index (χ0) is 11.5. The van der Waals surface area contributed by atoms with E-state index in [0.717, 1.165) is 24.1 Å². The van der Waals surface area contributed by atoms with Crippen molar-refractivity contribution in [3.63, 3.8) is 0 Å². The van der Waals surface area contributed by atoms with Crippen LogP contribution in [0.3, 0.4) is 0 Å². The highest BCUT2D eigenvalue weighted by Gasteiger charge is 2.32. The van der Waals surface area contributed by atoms with Gasteiger partial charge in [-0.2, -0.15) is 0 Å². The highest BCUT2D eigenvalue weighted by molar-refractivity contribution is 7.14. The Morgan fingerprint density at radius 3 is 2.81 bits per heavy atom. The van der Waals surface area contributed by atoms with Crippen molar-refractivity contribution in [3.05, 3.63) is 21.9 Å². The molecule has 1 aromatic rings. The van der Waals surface area contributed by atoms with Crippen LogP contribution in [0.4, 0.5) is 0 Å². The smallest absolute Gasteiger partial charge is 0.264 e. The predicted molar refractivity (Wildman–Crippen MR) is 68.5 cm³/mol. The molecule has 1 saturated carbocycles. The van der Waals surface area contributed by atoms with Gasteiger partial charge in [0.25, 0.3) is 5.91 Å². The molecule has 4 heteroatoms. The molecule has 0 aromatic carbocycles. The van der Waals surface area contributed by atoms with Crippen molar-refractivity contribution in [1.29, 1.82) is 0 Å². The van der Waals surface area contributed by atoms with E-state index in [2.05, 4.69) is 6.92 Å². The predicted octanol–water partition coefficient (Wildman–Crippen LogP) is 3.15. The minimum atomic E-state index is 0.160. The fraction of sp³-hybridized carbons (Fsp3) is 0.583. The lowest BCUT2D eigenvalue weighted by atomic mass is 10.3. The number of halogens is 1. The summed E-state index contributed by atoms with van der Waals surface area (Å²) in [7, 11) is 0. The van der Waals surface area contributed by atoms with Crippen LogP contribution in [-0.2, 0) is 6.42 Å². The van der Waals surface area contributed by atoms with Gasteiger partial charge in [-0.1, -0.05) is 6.92 Å². The Morgan fingerprint density at radius 2 is 2.31 bits per heavy atom. The molecule has 1 fully saturated rings. The molecule has 0 bridgehead atoms. The molecule has 1 amide bonds. The van der Waals surface area contributed by atoms with E-state index in [1.54, 1.807) is 11.3 Å². The first-order valence-electron chi connectivity index (χ1n) is 5.72. The fourth-order valence-corrected chi connectivity index (χ4v) is 2.84. The van der Waals surface area contributed by atoms with Crippen molar-refractivity contribution >= 4 is 28.8 Å². The number of carbonyl (C=O) groups excluding carboxylic acids is 1. The number of thiophene rings is 1. The summed E-state index contributed by atoms with van der Waals surface area (Å²) in [6.45, 7) is 2.78. The van der Waals surface area contributed by atoms with Gasteiger partial charge in [0, 0.05) is 23.3 Å². The van der Waals surface area contributed by atoms with Crippen molar-refractivity contribution in [3.8, 4) is 0 Å². The van der Waals surface area contributed by atoms with E-state index in [-0.39, 0.29) is 5.91 Å².